The molecule has 0 bridgehead atoms. The van der Waals surface area contributed by atoms with Crippen LogP contribution in [0.15, 0.2) is 48.5 Å². The number of halogens is 1. The molecule has 0 radical (unpaired) electrons. The van der Waals surface area contributed by atoms with E-state index in [1.165, 1.54) is 3.57 Å². The zero-order valence-electron chi connectivity index (χ0n) is 9.67. The van der Waals surface area contributed by atoms with Crippen LogP contribution in [0.2, 0.25) is 0 Å². The summed E-state index contributed by atoms with van der Waals surface area (Å²) in [5.41, 5.74) is 0.137. The van der Waals surface area contributed by atoms with E-state index in [2.05, 4.69) is 0 Å². The molecular formula is C13H11INO3+. The van der Waals surface area contributed by atoms with Crippen molar-refractivity contribution in [2.24, 2.45) is 0 Å². The van der Waals surface area contributed by atoms with E-state index in [0.717, 1.165) is 9.32 Å². The summed E-state index contributed by atoms with van der Waals surface area (Å²) in [4.78, 5) is 10.2. The Hall–Kier alpha value is -1.63. The van der Waals surface area contributed by atoms with E-state index in [1.54, 1.807) is 19.2 Å². The van der Waals surface area contributed by atoms with Gasteiger partial charge in [-0.15, -0.1) is 0 Å². The van der Waals surface area contributed by atoms with Crippen molar-refractivity contribution in [3.63, 3.8) is 0 Å². The van der Waals surface area contributed by atoms with Crippen molar-refractivity contribution in [3.8, 4) is 5.75 Å². The van der Waals surface area contributed by atoms with Crippen LogP contribution in [0.1, 0.15) is 0 Å². The van der Waals surface area contributed by atoms with Crippen LogP contribution < -0.4 is 25.9 Å². The van der Waals surface area contributed by atoms with Crippen LogP contribution in [0.25, 0.3) is 0 Å². The number of rotatable bonds is 4. The second kappa shape index (κ2) is 5.81. The fourth-order valence-corrected chi connectivity index (χ4v) is 3.54. The van der Waals surface area contributed by atoms with Gasteiger partial charge in [-0.2, -0.15) is 0 Å². The highest BCUT2D eigenvalue weighted by molar-refractivity contribution is 5.28. The molecule has 2 rings (SSSR count). The van der Waals surface area contributed by atoms with E-state index in [1.807, 2.05) is 36.4 Å². The Labute approximate surface area is 115 Å². The maximum Gasteiger partial charge on any atom is 0.357 e. The van der Waals surface area contributed by atoms with Gasteiger partial charge in [-0.25, -0.2) is 0 Å². The summed E-state index contributed by atoms with van der Waals surface area (Å²) in [6.45, 7) is 0. The highest BCUT2D eigenvalue weighted by Crippen LogP contribution is 2.08. The molecule has 0 saturated carbocycles. The van der Waals surface area contributed by atoms with Crippen LogP contribution in [-0.2, 0) is 0 Å². The minimum absolute atomic E-state index is 0.137. The van der Waals surface area contributed by atoms with Gasteiger partial charge in [0.2, 0.25) is 0 Å². The van der Waals surface area contributed by atoms with E-state index < -0.39 is 0 Å². The first kappa shape index (κ1) is 12.8. The van der Waals surface area contributed by atoms with Crippen molar-refractivity contribution in [1.29, 1.82) is 0 Å². The minimum Gasteiger partial charge on any atom is -0.497 e. The number of nitro groups is 1. The lowest BCUT2D eigenvalue weighted by molar-refractivity contribution is -0.597. The van der Waals surface area contributed by atoms with Crippen molar-refractivity contribution in [2.45, 2.75) is 0 Å². The summed E-state index contributed by atoms with van der Waals surface area (Å²) in [5.74, 6) is 0.839. The van der Waals surface area contributed by atoms with Crippen molar-refractivity contribution >= 4 is 5.69 Å². The van der Waals surface area contributed by atoms with E-state index in [9.17, 15) is 10.1 Å². The van der Waals surface area contributed by atoms with Gasteiger partial charge in [0.1, 0.15) is 5.75 Å². The summed E-state index contributed by atoms with van der Waals surface area (Å²) in [6.07, 6.45) is 0. The Balaban J connectivity index is 2.10. The van der Waals surface area contributed by atoms with Gasteiger partial charge in [0, 0.05) is 12.1 Å². The summed E-state index contributed by atoms with van der Waals surface area (Å²) < 4.78 is 7.51. The molecule has 0 unspecified atom stereocenters. The Kier molecular flexibility index (Phi) is 4.14. The standard InChI is InChI=1S/C13H11INO3/c1-18-13-8-4-11(5-9-13)14-10-2-6-12(7-3-10)15(16)17/h2-9H,1H3/q+1. The molecule has 0 fully saturated rings. The first-order valence-corrected chi connectivity index (χ1v) is 7.38. The monoisotopic (exact) mass is 356 g/mol. The molecule has 0 amide bonds. The highest BCUT2D eigenvalue weighted by atomic mass is 127. The van der Waals surface area contributed by atoms with Gasteiger partial charge in [0.25, 0.3) is 5.69 Å². The van der Waals surface area contributed by atoms with Crippen LogP contribution in [0.4, 0.5) is 5.69 Å². The zero-order valence-corrected chi connectivity index (χ0v) is 11.8. The van der Waals surface area contributed by atoms with E-state index in [4.69, 9.17) is 4.74 Å². The molecule has 18 heavy (non-hydrogen) atoms. The van der Waals surface area contributed by atoms with E-state index in [0.29, 0.717) is 0 Å². The number of ether oxygens (including phenoxy) is 1. The number of benzene rings is 2. The van der Waals surface area contributed by atoms with E-state index in [-0.39, 0.29) is 31.8 Å². The molecule has 0 atom stereocenters. The minimum atomic E-state index is -0.379. The second-order valence-electron chi connectivity index (χ2n) is 3.49. The number of hydrogen-bond donors (Lipinski definition) is 0. The molecule has 2 aromatic rings. The molecule has 0 aliphatic heterocycles. The SMILES string of the molecule is COc1ccc([I+]c2ccc([N+](=O)[O-])cc2)cc1. The number of methoxy groups -OCH3 is 1. The first-order chi connectivity index (χ1) is 8.69. The third-order valence-corrected chi connectivity index (χ3v) is 4.99. The summed E-state index contributed by atoms with van der Waals surface area (Å²) in [6, 6.07) is 14.7. The average Bonchev–Trinajstić information content (AvgIpc) is 2.40. The Morgan fingerprint density at radius 3 is 1.94 bits per heavy atom. The molecular weight excluding hydrogens is 345 g/mol. The maximum absolute atomic E-state index is 10.5. The summed E-state index contributed by atoms with van der Waals surface area (Å²) in [5, 5.41) is 10.5. The molecule has 0 aliphatic rings. The topological polar surface area (TPSA) is 52.4 Å². The van der Waals surface area contributed by atoms with Gasteiger partial charge in [0.15, 0.2) is 7.14 Å². The molecule has 92 valence electrons. The zero-order chi connectivity index (χ0) is 13.0. The number of nitrogens with zero attached hydrogens (tertiary/aromatic N) is 1. The largest absolute Gasteiger partial charge is 0.497 e. The first-order valence-electron chi connectivity index (χ1n) is 5.22. The van der Waals surface area contributed by atoms with Crippen molar-refractivity contribution in [2.75, 3.05) is 7.11 Å². The highest BCUT2D eigenvalue weighted by Gasteiger charge is 2.16. The Morgan fingerprint density at radius 1 is 1.00 bits per heavy atom. The van der Waals surface area contributed by atoms with Gasteiger partial charge < -0.3 is 4.74 Å². The fraction of sp³-hybridized carbons (Fsp3) is 0.0769. The Morgan fingerprint density at radius 2 is 1.50 bits per heavy atom. The van der Waals surface area contributed by atoms with Crippen molar-refractivity contribution < 1.29 is 30.9 Å². The fourth-order valence-electron chi connectivity index (χ4n) is 1.39. The molecule has 5 heteroatoms. The third-order valence-electron chi connectivity index (χ3n) is 2.31. The molecule has 0 spiro atoms. The van der Waals surface area contributed by atoms with Gasteiger partial charge in [0.05, 0.1) is 12.0 Å². The molecule has 4 nitrogen and oxygen atoms in total. The summed E-state index contributed by atoms with van der Waals surface area (Å²) in [7, 11) is 1.64. The predicted octanol–water partition coefficient (Wildman–Crippen LogP) is -0.268. The maximum atomic E-state index is 10.5. The van der Waals surface area contributed by atoms with E-state index >= 15 is 0 Å². The van der Waals surface area contributed by atoms with Crippen LogP contribution in [-0.4, -0.2) is 12.0 Å². The summed E-state index contributed by atoms with van der Waals surface area (Å²) >= 11 is -0.300. The second-order valence-corrected chi connectivity index (χ2v) is 6.52. The molecule has 0 aromatic heterocycles. The molecule has 0 aliphatic carbocycles. The van der Waals surface area contributed by atoms with Gasteiger partial charge in [-0.3, -0.25) is 10.1 Å². The number of hydrogen-bond acceptors (Lipinski definition) is 3. The van der Waals surface area contributed by atoms with Crippen LogP contribution in [0.3, 0.4) is 0 Å². The lowest BCUT2D eigenvalue weighted by atomic mass is 10.3. The van der Waals surface area contributed by atoms with Crippen molar-refractivity contribution in [1.82, 2.24) is 0 Å². The number of non-ortho nitro benzene ring substituents is 1. The van der Waals surface area contributed by atoms with Gasteiger partial charge in [-0.1, -0.05) is 0 Å². The van der Waals surface area contributed by atoms with Crippen molar-refractivity contribution in [3.05, 3.63) is 65.8 Å². The third kappa shape index (κ3) is 3.19. The molecule has 0 saturated heterocycles. The average molecular weight is 356 g/mol. The van der Waals surface area contributed by atoms with Gasteiger partial charge >= 0.3 is 21.2 Å². The molecule has 0 N–H and O–H groups in total. The lowest BCUT2D eigenvalue weighted by Crippen LogP contribution is -3.61. The van der Waals surface area contributed by atoms with Crippen LogP contribution >= 0.6 is 0 Å². The smallest absolute Gasteiger partial charge is 0.357 e. The van der Waals surface area contributed by atoms with Crippen LogP contribution in [0, 0.1) is 17.3 Å². The normalized spacial score (nSPS) is 10.1. The molecule has 0 heterocycles. The Bertz CT molecular complexity index is 537. The number of nitro benzene ring substituents is 1. The van der Waals surface area contributed by atoms with Crippen LogP contribution in [0.5, 0.6) is 5.75 Å². The van der Waals surface area contributed by atoms with Gasteiger partial charge in [-0.05, 0) is 36.4 Å². The lowest BCUT2D eigenvalue weighted by Gasteiger charge is -1.95. The predicted molar refractivity (Wildman–Crippen MR) is 63.5 cm³/mol. The molecule has 2 aromatic carbocycles. The quantitative estimate of drug-likeness (QED) is 0.431.